The van der Waals surface area contributed by atoms with Gasteiger partial charge in [-0.25, -0.2) is 0 Å². The fourth-order valence-corrected chi connectivity index (χ4v) is 4.27. The van der Waals surface area contributed by atoms with Gasteiger partial charge in [0, 0.05) is 48.9 Å². The topological polar surface area (TPSA) is 37.5 Å². The molecule has 2 aliphatic rings. The number of aromatic amines is 1. The summed E-state index contributed by atoms with van der Waals surface area (Å²) >= 11 is 0. The molecule has 1 N–H and O–H groups in total. The molecule has 2 aliphatic heterocycles. The van der Waals surface area contributed by atoms with Crippen molar-refractivity contribution in [3.05, 3.63) is 29.5 Å². The van der Waals surface area contributed by atoms with E-state index in [1.807, 2.05) is 6.20 Å². The number of H-pyrrole nitrogens is 1. The molecule has 0 unspecified atom stereocenters. The van der Waals surface area contributed by atoms with E-state index in [0.29, 0.717) is 0 Å². The third kappa shape index (κ3) is 2.64. The highest BCUT2D eigenvalue weighted by Gasteiger charge is 2.38. The second-order valence-corrected chi connectivity index (χ2v) is 7.05. The van der Waals surface area contributed by atoms with Gasteiger partial charge in [-0.05, 0) is 50.3 Å². The minimum Gasteiger partial charge on any atom is -0.496 e. The van der Waals surface area contributed by atoms with Crippen molar-refractivity contribution in [3.8, 4) is 5.75 Å². The Hall–Kier alpha value is -1.52. The number of fused-ring (bicyclic) bond motifs is 1. The molecule has 0 aliphatic carbocycles. The number of hydrogen-bond donors (Lipinski definition) is 1. The van der Waals surface area contributed by atoms with Gasteiger partial charge < -0.3 is 14.5 Å². The van der Waals surface area contributed by atoms with Crippen molar-refractivity contribution < 1.29 is 9.47 Å². The third-order valence-corrected chi connectivity index (χ3v) is 5.67. The van der Waals surface area contributed by atoms with Crippen molar-refractivity contribution >= 4 is 10.9 Å². The van der Waals surface area contributed by atoms with E-state index in [0.717, 1.165) is 44.8 Å². The molecule has 0 atom stereocenters. The Morgan fingerprint density at radius 2 is 2.13 bits per heavy atom. The van der Waals surface area contributed by atoms with Crippen LogP contribution in [0.25, 0.3) is 10.9 Å². The Bertz CT molecular complexity index is 691. The minimum absolute atomic E-state index is 0.192. The van der Waals surface area contributed by atoms with Crippen LogP contribution in [0.3, 0.4) is 0 Å². The van der Waals surface area contributed by atoms with Gasteiger partial charge in [0.15, 0.2) is 0 Å². The van der Waals surface area contributed by atoms with Gasteiger partial charge in [0.25, 0.3) is 0 Å². The number of nitrogens with zero attached hydrogens (tertiary/aromatic N) is 1. The van der Waals surface area contributed by atoms with E-state index in [4.69, 9.17) is 9.47 Å². The normalized spacial score (nSPS) is 21.3. The molecule has 1 aromatic carbocycles. The molecule has 124 valence electrons. The summed E-state index contributed by atoms with van der Waals surface area (Å²) in [5.41, 5.74) is 3.96. The van der Waals surface area contributed by atoms with Crippen molar-refractivity contribution in [2.24, 2.45) is 0 Å². The first-order valence-electron chi connectivity index (χ1n) is 8.71. The Morgan fingerprint density at radius 3 is 2.83 bits per heavy atom. The van der Waals surface area contributed by atoms with E-state index in [1.54, 1.807) is 7.11 Å². The first-order chi connectivity index (χ1) is 11.2. The van der Waals surface area contributed by atoms with Crippen molar-refractivity contribution in [1.29, 1.82) is 0 Å². The second kappa shape index (κ2) is 5.84. The minimum atomic E-state index is 0.192. The van der Waals surface area contributed by atoms with Crippen molar-refractivity contribution in [2.75, 3.05) is 26.8 Å². The van der Waals surface area contributed by atoms with Gasteiger partial charge in [-0.2, -0.15) is 0 Å². The average molecular weight is 314 g/mol. The summed E-state index contributed by atoms with van der Waals surface area (Å²) in [7, 11) is 1.77. The Balaban J connectivity index is 1.56. The van der Waals surface area contributed by atoms with Crippen LogP contribution in [0.1, 0.15) is 36.8 Å². The number of benzene rings is 1. The zero-order valence-corrected chi connectivity index (χ0v) is 14.2. The zero-order chi connectivity index (χ0) is 15.9. The predicted octanol–water partition coefficient (Wildman–Crippen LogP) is 3.63. The standard InChI is InChI=1S/C19H26N2O2/c1-14-12-17(22-2)16(15-4-8-20-18(14)15)13-21-9-6-19(7-10-21)5-3-11-23-19/h4,8,12,20H,3,5-7,9-11,13H2,1-2H3. The Morgan fingerprint density at radius 1 is 1.30 bits per heavy atom. The molecule has 4 nitrogen and oxygen atoms in total. The average Bonchev–Trinajstić information content (AvgIpc) is 3.22. The summed E-state index contributed by atoms with van der Waals surface area (Å²) in [6.45, 7) is 6.27. The fraction of sp³-hybridized carbons (Fsp3) is 0.579. The van der Waals surface area contributed by atoms with Gasteiger partial charge in [-0.3, -0.25) is 4.90 Å². The number of likely N-dealkylation sites (tertiary alicyclic amines) is 1. The molecular weight excluding hydrogens is 288 g/mol. The van der Waals surface area contributed by atoms with Crippen LogP contribution >= 0.6 is 0 Å². The lowest BCUT2D eigenvalue weighted by atomic mass is 9.88. The number of aryl methyl sites for hydroxylation is 1. The summed E-state index contributed by atoms with van der Waals surface area (Å²) in [6.07, 6.45) is 6.83. The van der Waals surface area contributed by atoms with Crippen LogP contribution in [-0.4, -0.2) is 42.3 Å². The molecular formula is C19H26N2O2. The summed E-state index contributed by atoms with van der Waals surface area (Å²) in [6, 6.07) is 4.32. The first kappa shape index (κ1) is 15.0. The van der Waals surface area contributed by atoms with Crippen LogP contribution in [-0.2, 0) is 11.3 Å². The van der Waals surface area contributed by atoms with Gasteiger partial charge in [0.2, 0.25) is 0 Å². The molecule has 2 saturated heterocycles. The van der Waals surface area contributed by atoms with E-state index in [2.05, 4.69) is 28.9 Å². The van der Waals surface area contributed by atoms with E-state index in [-0.39, 0.29) is 5.60 Å². The maximum absolute atomic E-state index is 6.04. The van der Waals surface area contributed by atoms with Gasteiger partial charge in [0.1, 0.15) is 5.75 Å². The number of aromatic nitrogens is 1. The lowest BCUT2D eigenvalue weighted by molar-refractivity contribution is -0.0447. The van der Waals surface area contributed by atoms with Crippen LogP contribution in [0.15, 0.2) is 18.3 Å². The Labute approximate surface area is 137 Å². The van der Waals surface area contributed by atoms with Crippen LogP contribution in [0.2, 0.25) is 0 Å². The second-order valence-electron chi connectivity index (χ2n) is 7.05. The molecule has 0 saturated carbocycles. The van der Waals surface area contributed by atoms with Gasteiger partial charge >= 0.3 is 0 Å². The fourth-order valence-electron chi connectivity index (χ4n) is 4.27. The zero-order valence-electron chi connectivity index (χ0n) is 14.2. The summed E-state index contributed by atoms with van der Waals surface area (Å²) in [4.78, 5) is 5.91. The molecule has 4 rings (SSSR count). The number of nitrogens with one attached hydrogen (secondary N) is 1. The summed E-state index contributed by atoms with van der Waals surface area (Å²) in [5, 5.41) is 1.29. The molecule has 0 radical (unpaired) electrons. The maximum Gasteiger partial charge on any atom is 0.124 e. The molecule has 4 heteroatoms. The predicted molar refractivity (Wildman–Crippen MR) is 92.0 cm³/mol. The van der Waals surface area contributed by atoms with Crippen LogP contribution in [0, 0.1) is 6.92 Å². The highest BCUT2D eigenvalue weighted by molar-refractivity contribution is 5.88. The van der Waals surface area contributed by atoms with Crippen molar-refractivity contribution in [1.82, 2.24) is 9.88 Å². The quantitative estimate of drug-likeness (QED) is 0.940. The molecule has 1 aromatic heterocycles. The van der Waals surface area contributed by atoms with Crippen molar-refractivity contribution in [3.63, 3.8) is 0 Å². The van der Waals surface area contributed by atoms with E-state index < -0.39 is 0 Å². The summed E-state index contributed by atoms with van der Waals surface area (Å²) < 4.78 is 11.7. The van der Waals surface area contributed by atoms with Gasteiger partial charge in [-0.1, -0.05) is 0 Å². The van der Waals surface area contributed by atoms with E-state index in [1.165, 1.54) is 34.9 Å². The van der Waals surface area contributed by atoms with Crippen LogP contribution < -0.4 is 4.74 Å². The number of ether oxygens (including phenoxy) is 2. The summed E-state index contributed by atoms with van der Waals surface area (Å²) in [5.74, 6) is 1.01. The van der Waals surface area contributed by atoms with E-state index in [9.17, 15) is 0 Å². The highest BCUT2D eigenvalue weighted by atomic mass is 16.5. The lowest BCUT2D eigenvalue weighted by Gasteiger charge is -2.38. The molecule has 2 fully saturated rings. The maximum atomic E-state index is 6.04. The molecule has 1 spiro atoms. The van der Waals surface area contributed by atoms with Gasteiger partial charge in [0.05, 0.1) is 12.7 Å². The highest BCUT2D eigenvalue weighted by Crippen LogP contribution is 2.37. The van der Waals surface area contributed by atoms with Crippen LogP contribution in [0.5, 0.6) is 5.75 Å². The number of methoxy groups -OCH3 is 1. The smallest absolute Gasteiger partial charge is 0.124 e. The monoisotopic (exact) mass is 314 g/mol. The Kier molecular flexibility index (Phi) is 3.82. The number of hydrogen-bond acceptors (Lipinski definition) is 3. The third-order valence-electron chi connectivity index (χ3n) is 5.67. The van der Waals surface area contributed by atoms with Crippen molar-refractivity contribution in [2.45, 2.75) is 44.8 Å². The van der Waals surface area contributed by atoms with Gasteiger partial charge in [-0.15, -0.1) is 0 Å². The molecule has 0 bridgehead atoms. The lowest BCUT2D eigenvalue weighted by Crippen LogP contribution is -2.43. The first-order valence-corrected chi connectivity index (χ1v) is 8.71. The molecule has 0 amide bonds. The number of rotatable bonds is 3. The SMILES string of the molecule is COc1cc(C)c2[nH]ccc2c1CN1CCC2(CCCO2)CC1. The molecule has 3 heterocycles. The molecule has 23 heavy (non-hydrogen) atoms. The van der Waals surface area contributed by atoms with Crippen LogP contribution in [0.4, 0.5) is 0 Å². The number of piperidine rings is 1. The largest absolute Gasteiger partial charge is 0.496 e. The molecule has 2 aromatic rings. The van der Waals surface area contributed by atoms with E-state index >= 15 is 0 Å².